The molecule has 0 N–H and O–H groups in total. The second-order valence-electron chi connectivity index (χ2n) is 5.25. The van der Waals surface area contributed by atoms with Gasteiger partial charge in [-0.25, -0.2) is 0 Å². The first-order valence-corrected chi connectivity index (χ1v) is 8.60. The lowest BCUT2D eigenvalue weighted by Crippen LogP contribution is -2.08. The Bertz CT molecular complexity index is 138. The molecule has 0 aromatic heterocycles. The Balaban J connectivity index is 1.77. The average Bonchev–Trinajstić information content (AvgIpc) is 2.34. The van der Waals surface area contributed by atoms with Gasteiger partial charge in [-0.2, -0.15) is 11.8 Å². The normalized spacial score (nSPS) is 17.8. The van der Waals surface area contributed by atoms with Gasteiger partial charge in [0.2, 0.25) is 0 Å². The lowest BCUT2D eigenvalue weighted by molar-refractivity contribution is 0.515. The summed E-state index contributed by atoms with van der Waals surface area (Å²) in [6.07, 6.45) is 17.7. The Hall–Kier alpha value is 0.350. The zero-order valence-corrected chi connectivity index (χ0v) is 12.0. The maximum absolute atomic E-state index is 2.29. The smallest absolute Gasteiger partial charge is 0.00470 e. The number of thioether (sulfide) groups is 1. The van der Waals surface area contributed by atoms with E-state index < -0.39 is 0 Å². The molecule has 1 fully saturated rings. The summed E-state index contributed by atoms with van der Waals surface area (Å²) in [5.41, 5.74) is 0. The van der Waals surface area contributed by atoms with Crippen molar-refractivity contribution in [2.75, 3.05) is 5.75 Å². The summed E-state index contributed by atoms with van der Waals surface area (Å²) in [4.78, 5) is 0. The van der Waals surface area contributed by atoms with Crippen LogP contribution in [0.4, 0.5) is 0 Å². The Labute approximate surface area is 107 Å². The minimum Gasteiger partial charge on any atom is -0.159 e. The number of unbranched alkanes of at least 4 members (excludes halogenated alkanes) is 6. The molecule has 16 heavy (non-hydrogen) atoms. The molecule has 0 atom stereocenters. The van der Waals surface area contributed by atoms with Gasteiger partial charge in [0.15, 0.2) is 0 Å². The molecule has 0 aliphatic heterocycles. The van der Waals surface area contributed by atoms with E-state index in [-0.39, 0.29) is 0 Å². The molecule has 0 spiro atoms. The number of hydrogen-bond acceptors (Lipinski definition) is 1. The predicted molar refractivity (Wildman–Crippen MR) is 77.3 cm³/mol. The monoisotopic (exact) mass is 242 g/mol. The first-order chi connectivity index (χ1) is 7.93. The van der Waals surface area contributed by atoms with Crippen LogP contribution in [0.1, 0.15) is 84.0 Å². The Morgan fingerprint density at radius 2 is 1.44 bits per heavy atom. The molecule has 1 rings (SSSR count). The van der Waals surface area contributed by atoms with E-state index >= 15 is 0 Å². The molecule has 0 unspecified atom stereocenters. The molecule has 1 heteroatoms. The highest BCUT2D eigenvalue weighted by Gasteiger charge is 2.12. The molecule has 0 bridgehead atoms. The van der Waals surface area contributed by atoms with Gasteiger partial charge in [0.1, 0.15) is 0 Å². The highest BCUT2D eigenvalue weighted by Crippen LogP contribution is 2.28. The lowest BCUT2D eigenvalue weighted by Gasteiger charge is -2.20. The lowest BCUT2D eigenvalue weighted by atomic mass is 10.0. The first kappa shape index (κ1) is 14.4. The van der Waals surface area contributed by atoms with Crippen LogP contribution >= 0.6 is 11.8 Å². The summed E-state index contributed by atoms with van der Waals surface area (Å²) < 4.78 is 0. The second kappa shape index (κ2) is 10.5. The van der Waals surface area contributed by atoms with Gasteiger partial charge in [-0.15, -0.1) is 0 Å². The zero-order chi connectivity index (χ0) is 11.5. The van der Waals surface area contributed by atoms with E-state index in [1.54, 1.807) is 0 Å². The van der Waals surface area contributed by atoms with Gasteiger partial charge in [-0.05, 0) is 25.0 Å². The standard InChI is InChI=1S/C15H30S/c1-2-3-4-5-6-7-11-14-16-15-12-9-8-10-13-15/h15H,2-14H2,1H3. The maximum atomic E-state index is 2.29. The minimum absolute atomic E-state index is 1.02. The van der Waals surface area contributed by atoms with E-state index in [1.807, 2.05) is 0 Å². The van der Waals surface area contributed by atoms with Crippen molar-refractivity contribution in [3.05, 3.63) is 0 Å². The molecular formula is C15H30S. The van der Waals surface area contributed by atoms with Gasteiger partial charge >= 0.3 is 0 Å². The van der Waals surface area contributed by atoms with Crippen LogP contribution < -0.4 is 0 Å². The maximum Gasteiger partial charge on any atom is 0.00470 e. The van der Waals surface area contributed by atoms with Gasteiger partial charge in [-0.1, -0.05) is 64.7 Å². The molecule has 0 amide bonds. The van der Waals surface area contributed by atoms with Crippen molar-refractivity contribution >= 4 is 11.8 Å². The third-order valence-corrected chi connectivity index (χ3v) is 5.12. The SMILES string of the molecule is CCCCCCCCCSC1CCCCC1. The Morgan fingerprint density at radius 1 is 0.812 bits per heavy atom. The third-order valence-electron chi connectivity index (χ3n) is 3.65. The second-order valence-corrected chi connectivity index (χ2v) is 6.66. The molecular weight excluding hydrogens is 212 g/mol. The fourth-order valence-corrected chi connectivity index (χ4v) is 3.91. The Morgan fingerprint density at radius 3 is 2.12 bits per heavy atom. The van der Waals surface area contributed by atoms with Crippen LogP contribution in [0.25, 0.3) is 0 Å². The number of hydrogen-bond donors (Lipinski definition) is 0. The third kappa shape index (κ3) is 7.60. The van der Waals surface area contributed by atoms with Gasteiger partial charge in [0.25, 0.3) is 0 Å². The average molecular weight is 242 g/mol. The first-order valence-electron chi connectivity index (χ1n) is 7.55. The van der Waals surface area contributed by atoms with Gasteiger partial charge in [-0.3, -0.25) is 0 Å². The van der Waals surface area contributed by atoms with Crippen molar-refractivity contribution in [2.24, 2.45) is 0 Å². The van der Waals surface area contributed by atoms with Crippen LogP contribution in [0.3, 0.4) is 0 Å². The van der Waals surface area contributed by atoms with E-state index in [9.17, 15) is 0 Å². The van der Waals surface area contributed by atoms with E-state index in [0.29, 0.717) is 0 Å². The van der Waals surface area contributed by atoms with E-state index in [1.165, 1.54) is 82.8 Å². The van der Waals surface area contributed by atoms with Crippen molar-refractivity contribution in [3.8, 4) is 0 Å². The summed E-state index contributed by atoms with van der Waals surface area (Å²) in [5, 5.41) is 1.02. The van der Waals surface area contributed by atoms with Crippen molar-refractivity contribution in [1.29, 1.82) is 0 Å². The van der Waals surface area contributed by atoms with Crippen LogP contribution in [0.15, 0.2) is 0 Å². The highest BCUT2D eigenvalue weighted by molar-refractivity contribution is 7.99. The van der Waals surface area contributed by atoms with E-state index in [0.717, 1.165) is 5.25 Å². The number of rotatable bonds is 9. The van der Waals surface area contributed by atoms with Crippen molar-refractivity contribution in [3.63, 3.8) is 0 Å². The van der Waals surface area contributed by atoms with Gasteiger partial charge in [0.05, 0.1) is 0 Å². The summed E-state index contributed by atoms with van der Waals surface area (Å²) >= 11 is 2.27. The van der Waals surface area contributed by atoms with Crippen molar-refractivity contribution < 1.29 is 0 Å². The predicted octanol–water partition coefficient (Wildman–Crippen LogP) is 5.80. The van der Waals surface area contributed by atoms with Gasteiger partial charge in [0, 0.05) is 5.25 Å². The van der Waals surface area contributed by atoms with Crippen LogP contribution in [0.5, 0.6) is 0 Å². The van der Waals surface area contributed by atoms with Crippen LogP contribution in [0, 0.1) is 0 Å². The topological polar surface area (TPSA) is 0 Å². The van der Waals surface area contributed by atoms with E-state index in [2.05, 4.69) is 18.7 Å². The molecule has 0 saturated heterocycles. The minimum atomic E-state index is 1.02. The van der Waals surface area contributed by atoms with Crippen molar-refractivity contribution in [1.82, 2.24) is 0 Å². The summed E-state index contributed by atoms with van der Waals surface area (Å²) in [7, 11) is 0. The zero-order valence-electron chi connectivity index (χ0n) is 11.2. The molecule has 1 aliphatic carbocycles. The van der Waals surface area contributed by atoms with Crippen molar-refractivity contribution in [2.45, 2.75) is 89.2 Å². The van der Waals surface area contributed by atoms with E-state index in [4.69, 9.17) is 0 Å². The molecule has 0 nitrogen and oxygen atoms in total. The van der Waals surface area contributed by atoms with Crippen LogP contribution in [-0.4, -0.2) is 11.0 Å². The quantitative estimate of drug-likeness (QED) is 0.460. The molecule has 1 aliphatic rings. The summed E-state index contributed by atoms with van der Waals surface area (Å²) in [6, 6.07) is 0. The summed E-state index contributed by atoms with van der Waals surface area (Å²) in [5.74, 6) is 1.43. The molecule has 0 radical (unpaired) electrons. The molecule has 96 valence electrons. The van der Waals surface area contributed by atoms with Gasteiger partial charge < -0.3 is 0 Å². The molecule has 0 heterocycles. The molecule has 0 aromatic rings. The molecule has 0 aromatic carbocycles. The fraction of sp³-hybridized carbons (Fsp3) is 1.00. The fourth-order valence-electron chi connectivity index (χ4n) is 2.54. The largest absolute Gasteiger partial charge is 0.159 e. The molecule has 1 saturated carbocycles. The van der Waals surface area contributed by atoms with Crippen LogP contribution in [-0.2, 0) is 0 Å². The van der Waals surface area contributed by atoms with Crippen LogP contribution in [0.2, 0.25) is 0 Å². The Kier molecular flexibility index (Phi) is 9.46. The summed E-state index contributed by atoms with van der Waals surface area (Å²) in [6.45, 7) is 2.29. The highest BCUT2D eigenvalue weighted by atomic mass is 32.2.